The van der Waals surface area contributed by atoms with Crippen LogP contribution < -0.4 is 9.44 Å². The van der Waals surface area contributed by atoms with Crippen LogP contribution in [0.2, 0.25) is 0 Å². The molecule has 0 saturated carbocycles. The Kier molecular flexibility index (Phi) is 9.08. The SMILES string of the molecule is CCOC(=O)C(Cc1cccc(NS(=O)(=O)c2cccc(N=C=S)c2)c1)NS(=O)(=O)c1ccccc1. The van der Waals surface area contributed by atoms with Crippen LogP contribution in [0.4, 0.5) is 11.4 Å². The number of anilines is 1. The molecule has 1 atom stereocenters. The van der Waals surface area contributed by atoms with Gasteiger partial charge in [-0.05, 0) is 73.6 Å². The first-order valence-corrected chi connectivity index (χ1v) is 14.1. The second kappa shape index (κ2) is 12.0. The van der Waals surface area contributed by atoms with E-state index in [1.807, 2.05) is 0 Å². The lowest BCUT2D eigenvalue weighted by Crippen LogP contribution is -2.43. The number of esters is 1. The van der Waals surface area contributed by atoms with Crippen LogP contribution in [0.1, 0.15) is 12.5 Å². The van der Waals surface area contributed by atoms with Gasteiger partial charge in [-0.15, -0.1) is 0 Å². The van der Waals surface area contributed by atoms with E-state index in [4.69, 9.17) is 4.74 Å². The van der Waals surface area contributed by atoms with Crippen molar-refractivity contribution in [1.82, 2.24) is 4.72 Å². The molecule has 3 aromatic carbocycles. The van der Waals surface area contributed by atoms with E-state index in [0.717, 1.165) is 0 Å². The number of nitrogens with zero attached hydrogens (tertiary/aromatic N) is 1. The molecule has 188 valence electrons. The highest BCUT2D eigenvalue weighted by Gasteiger charge is 2.27. The van der Waals surface area contributed by atoms with E-state index in [1.165, 1.54) is 42.5 Å². The van der Waals surface area contributed by atoms with Crippen molar-refractivity contribution in [1.29, 1.82) is 0 Å². The normalized spacial score (nSPS) is 12.2. The summed E-state index contributed by atoms with van der Waals surface area (Å²) in [4.78, 5) is 16.3. The van der Waals surface area contributed by atoms with Gasteiger partial charge in [-0.1, -0.05) is 36.4 Å². The van der Waals surface area contributed by atoms with E-state index < -0.39 is 32.1 Å². The lowest BCUT2D eigenvalue weighted by Gasteiger charge is -2.18. The lowest BCUT2D eigenvalue weighted by atomic mass is 10.1. The zero-order chi connectivity index (χ0) is 26.2. The maximum absolute atomic E-state index is 12.9. The third-order valence-corrected chi connectivity index (χ3v) is 7.80. The number of thiocarbonyl (C=S) groups is 1. The minimum atomic E-state index is -4.01. The molecular weight excluding hydrogens is 522 g/mol. The number of ether oxygens (including phenoxy) is 1. The van der Waals surface area contributed by atoms with Gasteiger partial charge in [0.2, 0.25) is 10.0 Å². The molecule has 3 aromatic rings. The molecule has 3 rings (SSSR count). The molecular formula is C24H23N3O6S3. The Labute approximate surface area is 215 Å². The predicted octanol–water partition coefficient (Wildman–Crippen LogP) is 3.67. The van der Waals surface area contributed by atoms with E-state index in [2.05, 4.69) is 31.8 Å². The molecule has 0 fully saturated rings. The number of benzene rings is 3. The third-order valence-electron chi connectivity index (χ3n) is 4.84. The molecule has 0 aliphatic heterocycles. The summed E-state index contributed by atoms with van der Waals surface area (Å²) in [6.07, 6.45) is -0.0701. The Morgan fingerprint density at radius 2 is 1.64 bits per heavy atom. The van der Waals surface area contributed by atoms with Crippen LogP contribution in [0.25, 0.3) is 0 Å². The molecule has 0 aromatic heterocycles. The van der Waals surface area contributed by atoms with Gasteiger partial charge in [-0.25, -0.2) is 16.8 Å². The van der Waals surface area contributed by atoms with E-state index in [9.17, 15) is 21.6 Å². The van der Waals surface area contributed by atoms with Gasteiger partial charge >= 0.3 is 5.97 Å². The maximum atomic E-state index is 12.9. The van der Waals surface area contributed by atoms with Crippen LogP contribution in [-0.4, -0.2) is 40.6 Å². The molecule has 0 saturated heterocycles. The molecule has 1 unspecified atom stereocenters. The average Bonchev–Trinajstić information content (AvgIpc) is 2.85. The van der Waals surface area contributed by atoms with Gasteiger partial charge in [0.05, 0.1) is 27.2 Å². The number of hydrogen-bond acceptors (Lipinski definition) is 8. The molecule has 36 heavy (non-hydrogen) atoms. The zero-order valence-corrected chi connectivity index (χ0v) is 21.6. The van der Waals surface area contributed by atoms with Crippen molar-refractivity contribution in [2.24, 2.45) is 4.99 Å². The van der Waals surface area contributed by atoms with Crippen molar-refractivity contribution in [3.05, 3.63) is 84.4 Å². The number of aliphatic imine (C=N–C) groups is 1. The lowest BCUT2D eigenvalue weighted by molar-refractivity contribution is -0.145. The summed E-state index contributed by atoms with van der Waals surface area (Å²) < 4.78 is 61.2. The van der Waals surface area contributed by atoms with Crippen molar-refractivity contribution < 1.29 is 26.4 Å². The van der Waals surface area contributed by atoms with Crippen LogP contribution in [0, 0.1) is 0 Å². The molecule has 0 aliphatic carbocycles. The van der Waals surface area contributed by atoms with E-state index in [1.54, 1.807) is 43.3 Å². The first-order valence-electron chi connectivity index (χ1n) is 10.7. The highest BCUT2D eigenvalue weighted by Crippen LogP contribution is 2.22. The molecule has 0 bridgehead atoms. The number of nitrogens with one attached hydrogen (secondary N) is 2. The standard InChI is InChI=1S/C24H23N3O6S3/c1-2-33-24(28)23(27-35(29,30)21-11-4-3-5-12-21)15-18-8-6-10-20(14-18)26-36(31,32)22-13-7-9-19(16-22)25-17-34/h3-14,16,23,26-27H,2,15H2,1H3. The Hall–Kier alpha value is -3.41. The first kappa shape index (κ1) is 27.2. The fraction of sp³-hybridized carbons (Fsp3) is 0.167. The summed E-state index contributed by atoms with van der Waals surface area (Å²) in [6, 6.07) is 18.6. The monoisotopic (exact) mass is 545 g/mol. The Morgan fingerprint density at radius 3 is 2.33 bits per heavy atom. The van der Waals surface area contributed by atoms with Crippen molar-refractivity contribution in [2.45, 2.75) is 29.2 Å². The highest BCUT2D eigenvalue weighted by molar-refractivity contribution is 7.92. The predicted molar refractivity (Wildman–Crippen MR) is 139 cm³/mol. The molecule has 0 spiro atoms. The second-order valence-electron chi connectivity index (χ2n) is 7.45. The van der Waals surface area contributed by atoms with E-state index in [-0.39, 0.29) is 28.5 Å². The van der Waals surface area contributed by atoms with Crippen LogP contribution in [0.15, 0.2) is 93.6 Å². The summed E-state index contributed by atoms with van der Waals surface area (Å²) >= 11 is 4.56. The quantitative estimate of drug-likeness (QED) is 0.213. The van der Waals surface area contributed by atoms with E-state index in [0.29, 0.717) is 11.3 Å². The summed E-state index contributed by atoms with van der Waals surface area (Å²) in [7, 11) is -7.97. The number of carbonyl (C=O) groups is 1. The fourth-order valence-electron chi connectivity index (χ4n) is 3.26. The fourth-order valence-corrected chi connectivity index (χ4v) is 5.66. The number of sulfonamides is 2. The molecule has 12 heteroatoms. The minimum Gasteiger partial charge on any atom is -0.465 e. The van der Waals surface area contributed by atoms with E-state index >= 15 is 0 Å². The van der Waals surface area contributed by atoms with Crippen LogP contribution >= 0.6 is 12.2 Å². The number of isothiocyanates is 1. The van der Waals surface area contributed by atoms with Crippen LogP contribution in [0.5, 0.6) is 0 Å². The second-order valence-corrected chi connectivity index (χ2v) is 11.0. The van der Waals surface area contributed by atoms with Gasteiger partial charge < -0.3 is 4.74 Å². The van der Waals surface area contributed by atoms with Crippen LogP contribution in [-0.2, 0) is 36.0 Å². The summed E-state index contributed by atoms with van der Waals surface area (Å²) in [5.74, 6) is -0.751. The molecule has 0 radical (unpaired) electrons. The van der Waals surface area contributed by atoms with Crippen molar-refractivity contribution >= 4 is 54.8 Å². The maximum Gasteiger partial charge on any atom is 0.324 e. The van der Waals surface area contributed by atoms with Crippen molar-refractivity contribution in [3.63, 3.8) is 0 Å². The largest absolute Gasteiger partial charge is 0.465 e. The average molecular weight is 546 g/mol. The van der Waals surface area contributed by atoms with Gasteiger partial charge in [0, 0.05) is 5.69 Å². The minimum absolute atomic E-state index is 0.000941. The molecule has 0 heterocycles. The summed E-state index contributed by atoms with van der Waals surface area (Å²) in [5, 5.41) is 2.19. The summed E-state index contributed by atoms with van der Waals surface area (Å²) in [5.41, 5.74) is 1.07. The molecule has 2 N–H and O–H groups in total. The number of hydrogen-bond donors (Lipinski definition) is 2. The molecule has 0 amide bonds. The highest BCUT2D eigenvalue weighted by atomic mass is 32.2. The Morgan fingerprint density at radius 1 is 0.944 bits per heavy atom. The Bertz CT molecular complexity index is 1490. The van der Waals surface area contributed by atoms with Gasteiger partial charge in [-0.3, -0.25) is 9.52 Å². The van der Waals surface area contributed by atoms with Gasteiger partial charge in [0.1, 0.15) is 6.04 Å². The van der Waals surface area contributed by atoms with Crippen LogP contribution in [0.3, 0.4) is 0 Å². The van der Waals surface area contributed by atoms with Crippen molar-refractivity contribution in [2.75, 3.05) is 11.3 Å². The first-order chi connectivity index (χ1) is 17.1. The van der Waals surface area contributed by atoms with Gasteiger partial charge in [0.15, 0.2) is 0 Å². The number of rotatable bonds is 11. The zero-order valence-electron chi connectivity index (χ0n) is 19.1. The van der Waals surface area contributed by atoms with Gasteiger partial charge in [0.25, 0.3) is 10.0 Å². The van der Waals surface area contributed by atoms with Gasteiger partial charge in [-0.2, -0.15) is 9.71 Å². The number of carbonyl (C=O) groups excluding carboxylic acids is 1. The molecule has 0 aliphatic rings. The molecule has 9 nitrogen and oxygen atoms in total. The topological polar surface area (TPSA) is 131 Å². The Balaban J connectivity index is 1.84. The smallest absolute Gasteiger partial charge is 0.324 e. The van der Waals surface area contributed by atoms with Crippen molar-refractivity contribution in [3.8, 4) is 0 Å². The third kappa shape index (κ3) is 7.30. The summed E-state index contributed by atoms with van der Waals surface area (Å²) in [6.45, 7) is 1.68.